The van der Waals surface area contributed by atoms with Gasteiger partial charge >= 0.3 is 5.97 Å². The van der Waals surface area contributed by atoms with Crippen molar-refractivity contribution in [2.75, 3.05) is 0 Å². The van der Waals surface area contributed by atoms with Crippen molar-refractivity contribution in [2.45, 2.75) is 32.4 Å². The van der Waals surface area contributed by atoms with Crippen molar-refractivity contribution in [1.82, 2.24) is 15.3 Å². The summed E-state index contributed by atoms with van der Waals surface area (Å²) in [5, 5.41) is 11.7. The molecule has 0 aliphatic carbocycles. The van der Waals surface area contributed by atoms with E-state index < -0.39 is 12.0 Å². The van der Waals surface area contributed by atoms with Crippen LogP contribution in [0.3, 0.4) is 0 Å². The fraction of sp³-hybridized carbons (Fsp3) is 0.312. The van der Waals surface area contributed by atoms with Crippen molar-refractivity contribution < 1.29 is 9.90 Å². The van der Waals surface area contributed by atoms with E-state index in [9.17, 15) is 4.79 Å². The first-order valence-electron chi connectivity index (χ1n) is 6.95. The van der Waals surface area contributed by atoms with Gasteiger partial charge in [-0.1, -0.05) is 30.3 Å². The molecule has 0 saturated heterocycles. The summed E-state index contributed by atoms with van der Waals surface area (Å²) >= 11 is 0. The molecule has 2 N–H and O–H groups in total. The molecule has 110 valence electrons. The zero-order chi connectivity index (χ0) is 15.1. The average Bonchev–Trinajstić information content (AvgIpc) is 2.52. The summed E-state index contributed by atoms with van der Waals surface area (Å²) in [4.78, 5) is 19.3. The maximum absolute atomic E-state index is 10.7. The maximum atomic E-state index is 10.7. The summed E-state index contributed by atoms with van der Waals surface area (Å²) in [6.45, 7) is 2.06. The van der Waals surface area contributed by atoms with Crippen molar-refractivity contribution >= 4 is 5.97 Å². The molecule has 1 heterocycles. The van der Waals surface area contributed by atoms with Gasteiger partial charge in [0.05, 0.1) is 0 Å². The molecule has 0 aliphatic rings. The minimum absolute atomic E-state index is 0.451. The van der Waals surface area contributed by atoms with E-state index in [4.69, 9.17) is 5.11 Å². The zero-order valence-corrected chi connectivity index (χ0v) is 12.0. The van der Waals surface area contributed by atoms with Gasteiger partial charge in [-0.25, -0.2) is 9.97 Å². The van der Waals surface area contributed by atoms with Crippen molar-refractivity contribution in [2.24, 2.45) is 0 Å². The molecule has 0 saturated carbocycles. The Morgan fingerprint density at radius 2 is 1.81 bits per heavy atom. The number of aryl methyl sites for hydroxylation is 2. The van der Waals surface area contributed by atoms with Gasteiger partial charge in [0.25, 0.3) is 0 Å². The Kier molecular flexibility index (Phi) is 5.40. The van der Waals surface area contributed by atoms with Crippen molar-refractivity contribution in [3.63, 3.8) is 0 Å². The lowest BCUT2D eigenvalue weighted by Crippen LogP contribution is -2.33. The summed E-state index contributed by atoms with van der Waals surface area (Å²) < 4.78 is 0. The zero-order valence-electron chi connectivity index (χ0n) is 12.0. The number of aromatic nitrogens is 2. The molecule has 0 bridgehead atoms. The largest absolute Gasteiger partial charge is 0.480 e. The smallest absolute Gasteiger partial charge is 0.320 e. The van der Waals surface area contributed by atoms with E-state index in [1.165, 1.54) is 5.56 Å². The number of carboxylic acid groups (broad SMARTS) is 1. The number of hydrogen-bond donors (Lipinski definition) is 2. The Balaban J connectivity index is 1.83. The molecule has 2 rings (SSSR count). The fourth-order valence-corrected chi connectivity index (χ4v) is 1.86. The Bertz CT molecular complexity index is 570. The van der Waals surface area contributed by atoms with Crippen LogP contribution < -0.4 is 5.32 Å². The van der Waals surface area contributed by atoms with E-state index in [2.05, 4.69) is 27.4 Å². The topological polar surface area (TPSA) is 75.1 Å². The summed E-state index contributed by atoms with van der Waals surface area (Å²) in [6.07, 6.45) is 5.20. The molecular formula is C16H19N3O2. The van der Waals surface area contributed by atoms with E-state index in [1.54, 1.807) is 19.3 Å². The van der Waals surface area contributed by atoms with Gasteiger partial charge in [-0.15, -0.1) is 0 Å². The minimum Gasteiger partial charge on any atom is -0.480 e. The molecule has 1 atom stereocenters. The average molecular weight is 285 g/mol. The second-order valence-electron chi connectivity index (χ2n) is 4.93. The van der Waals surface area contributed by atoms with Crippen LogP contribution in [0.5, 0.6) is 0 Å². The Labute approximate surface area is 124 Å². The van der Waals surface area contributed by atoms with Gasteiger partial charge in [-0.3, -0.25) is 4.79 Å². The van der Waals surface area contributed by atoms with Gasteiger partial charge < -0.3 is 10.4 Å². The molecule has 5 heteroatoms. The fourth-order valence-electron chi connectivity index (χ4n) is 1.86. The molecule has 2 aromatic rings. The Morgan fingerprint density at radius 1 is 1.14 bits per heavy atom. The molecule has 0 spiro atoms. The van der Waals surface area contributed by atoms with Crippen LogP contribution in [0.1, 0.15) is 23.9 Å². The van der Waals surface area contributed by atoms with Crippen LogP contribution in [-0.2, 0) is 24.2 Å². The van der Waals surface area contributed by atoms with Gasteiger partial charge in [0.1, 0.15) is 11.9 Å². The van der Waals surface area contributed by atoms with Gasteiger partial charge in [0.15, 0.2) is 0 Å². The van der Waals surface area contributed by atoms with Crippen LogP contribution in [0.4, 0.5) is 0 Å². The highest BCUT2D eigenvalue weighted by molar-refractivity contribution is 5.72. The highest BCUT2D eigenvalue weighted by Crippen LogP contribution is 2.04. The molecule has 0 amide bonds. The maximum Gasteiger partial charge on any atom is 0.320 e. The van der Waals surface area contributed by atoms with Crippen LogP contribution in [-0.4, -0.2) is 27.1 Å². The van der Waals surface area contributed by atoms with E-state index >= 15 is 0 Å². The molecule has 0 aliphatic heterocycles. The van der Waals surface area contributed by atoms with Crippen molar-refractivity contribution in [3.05, 3.63) is 59.7 Å². The second-order valence-corrected chi connectivity index (χ2v) is 4.93. The van der Waals surface area contributed by atoms with Crippen LogP contribution in [0.25, 0.3) is 0 Å². The van der Waals surface area contributed by atoms with Gasteiger partial charge in [-0.05, 0) is 18.9 Å². The van der Waals surface area contributed by atoms with Crippen LogP contribution in [0, 0.1) is 0 Å². The van der Waals surface area contributed by atoms with Gasteiger partial charge in [0.2, 0.25) is 0 Å². The molecular weight excluding hydrogens is 266 g/mol. The molecule has 5 nitrogen and oxygen atoms in total. The Morgan fingerprint density at radius 3 is 2.43 bits per heavy atom. The van der Waals surface area contributed by atoms with Gasteiger partial charge in [-0.2, -0.15) is 0 Å². The highest BCUT2D eigenvalue weighted by Gasteiger charge is 2.09. The molecule has 0 fully saturated rings. The lowest BCUT2D eigenvalue weighted by atomic mass is 10.1. The summed E-state index contributed by atoms with van der Waals surface area (Å²) in [6, 6.07) is 9.64. The lowest BCUT2D eigenvalue weighted by molar-refractivity contribution is -0.139. The van der Waals surface area contributed by atoms with Crippen LogP contribution in [0.15, 0.2) is 42.7 Å². The monoisotopic (exact) mass is 285 g/mol. The van der Waals surface area contributed by atoms with Crippen LogP contribution >= 0.6 is 0 Å². The molecule has 21 heavy (non-hydrogen) atoms. The summed E-state index contributed by atoms with van der Waals surface area (Å²) in [5.41, 5.74) is 2.15. The number of carboxylic acids is 1. The molecule has 1 aromatic heterocycles. The SMILES string of the molecule is C[C@@H](NCc1cnc(CCc2ccccc2)nc1)C(=O)O. The standard InChI is InChI=1S/C16H19N3O2/c1-12(16(20)21)17-9-14-10-18-15(19-11-14)8-7-13-5-3-2-4-6-13/h2-6,10-12,17H,7-9H2,1H3,(H,20,21)/t12-/m1/s1. The number of aliphatic carboxylic acids is 1. The third-order valence-corrected chi connectivity index (χ3v) is 3.22. The first-order valence-corrected chi connectivity index (χ1v) is 6.95. The van der Waals surface area contributed by atoms with Crippen molar-refractivity contribution in [1.29, 1.82) is 0 Å². The third-order valence-electron chi connectivity index (χ3n) is 3.22. The second kappa shape index (κ2) is 7.50. The number of rotatable bonds is 7. The number of hydrogen-bond acceptors (Lipinski definition) is 4. The third kappa shape index (κ3) is 4.96. The first kappa shape index (κ1) is 15.1. The van der Waals surface area contributed by atoms with Gasteiger partial charge in [0, 0.05) is 30.9 Å². The molecule has 0 radical (unpaired) electrons. The van der Waals surface area contributed by atoms with Crippen molar-refractivity contribution in [3.8, 4) is 0 Å². The lowest BCUT2D eigenvalue weighted by Gasteiger charge is -2.08. The Hall–Kier alpha value is -2.27. The van der Waals surface area contributed by atoms with E-state index in [0.29, 0.717) is 6.54 Å². The summed E-state index contributed by atoms with van der Waals surface area (Å²) in [5.74, 6) is -0.0655. The number of benzene rings is 1. The normalized spacial score (nSPS) is 12.0. The predicted molar refractivity (Wildman–Crippen MR) is 79.8 cm³/mol. The molecule has 1 aromatic carbocycles. The number of carbonyl (C=O) groups is 1. The quantitative estimate of drug-likeness (QED) is 0.811. The summed E-state index contributed by atoms with van der Waals surface area (Å²) in [7, 11) is 0. The van der Waals surface area contributed by atoms with E-state index in [1.807, 2.05) is 18.2 Å². The first-order chi connectivity index (χ1) is 10.1. The predicted octanol–water partition coefficient (Wildman–Crippen LogP) is 1.82. The number of nitrogens with zero attached hydrogens (tertiary/aromatic N) is 2. The number of nitrogens with one attached hydrogen (secondary N) is 1. The molecule has 0 unspecified atom stereocenters. The van der Waals surface area contributed by atoms with Crippen LogP contribution in [0.2, 0.25) is 0 Å². The van der Waals surface area contributed by atoms with E-state index in [-0.39, 0.29) is 0 Å². The minimum atomic E-state index is -0.865. The highest BCUT2D eigenvalue weighted by atomic mass is 16.4. The van der Waals surface area contributed by atoms with E-state index in [0.717, 1.165) is 24.2 Å².